The molecule has 3 heteroatoms. The third-order valence-electron chi connectivity index (χ3n) is 4.45. The van der Waals surface area contributed by atoms with Gasteiger partial charge in [-0.05, 0) is 48.8 Å². The first-order valence-electron chi connectivity index (χ1n) is 6.74. The number of hydrogen-bond acceptors (Lipinski definition) is 1. The van der Waals surface area contributed by atoms with Crippen LogP contribution in [0, 0.1) is 23.6 Å². The highest BCUT2D eigenvalue weighted by Gasteiger charge is 2.42. The Morgan fingerprint density at radius 1 is 1.22 bits per heavy atom. The van der Waals surface area contributed by atoms with Gasteiger partial charge in [0, 0.05) is 12.5 Å². The van der Waals surface area contributed by atoms with Gasteiger partial charge in [-0.15, -0.1) is 0 Å². The molecule has 1 N–H and O–H groups in total. The van der Waals surface area contributed by atoms with E-state index in [2.05, 4.69) is 5.32 Å². The average Bonchev–Trinajstić information content (AvgIpc) is 3.00. The summed E-state index contributed by atoms with van der Waals surface area (Å²) >= 11 is 0. The molecule has 18 heavy (non-hydrogen) atoms. The molecule has 1 aromatic carbocycles. The van der Waals surface area contributed by atoms with E-state index in [0.29, 0.717) is 12.5 Å². The second-order valence-electron chi connectivity index (χ2n) is 5.63. The van der Waals surface area contributed by atoms with Crippen molar-refractivity contribution in [3.8, 4) is 0 Å². The summed E-state index contributed by atoms with van der Waals surface area (Å²) in [6, 6.07) is 6.30. The number of amides is 1. The van der Waals surface area contributed by atoms with E-state index in [1.165, 1.54) is 31.4 Å². The van der Waals surface area contributed by atoms with E-state index < -0.39 is 0 Å². The van der Waals surface area contributed by atoms with Crippen molar-refractivity contribution in [1.29, 1.82) is 0 Å². The van der Waals surface area contributed by atoms with Crippen LogP contribution < -0.4 is 5.32 Å². The summed E-state index contributed by atoms with van der Waals surface area (Å²) in [5.74, 6) is 1.58. The van der Waals surface area contributed by atoms with Crippen LogP contribution in [0.5, 0.6) is 0 Å². The normalized spacial score (nSPS) is 29.5. The fourth-order valence-electron chi connectivity index (χ4n) is 3.49. The van der Waals surface area contributed by atoms with Crippen LogP contribution >= 0.6 is 0 Å². The Labute approximate surface area is 107 Å². The summed E-state index contributed by atoms with van der Waals surface area (Å²) in [7, 11) is 0. The molecule has 3 unspecified atom stereocenters. The second-order valence-corrected chi connectivity index (χ2v) is 5.63. The average molecular weight is 247 g/mol. The van der Waals surface area contributed by atoms with Crippen LogP contribution in [-0.4, -0.2) is 5.91 Å². The first-order valence-corrected chi connectivity index (χ1v) is 6.74. The largest absolute Gasteiger partial charge is 0.352 e. The van der Waals surface area contributed by atoms with E-state index in [1.54, 1.807) is 12.1 Å². The Bertz CT molecular complexity index is 442. The van der Waals surface area contributed by atoms with Gasteiger partial charge in [-0.2, -0.15) is 0 Å². The lowest BCUT2D eigenvalue weighted by Gasteiger charge is -2.20. The molecule has 96 valence electrons. The van der Waals surface area contributed by atoms with Gasteiger partial charge in [-0.1, -0.05) is 18.6 Å². The maximum Gasteiger partial charge on any atom is 0.223 e. The first-order chi connectivity index (χ1) is 8.72. The van der Waals surface area contributed by atoms with Crippen molar-refractivity contribution in [3.05, 3.63) is 35.6 Å². The zero-order chi connectivity index (χ0) is 12.5. The summed E-state index contributed by atoms with van der Waals surface area (Å²) < 4.78 is 12.7. The summed E-state index contributed by atoms with van der Waals surface area (Å²) in [6.07, 6.45) is 4.85. The fourth-order valence-corrected chi connectivity index (χ4v) is 3.49. The number of carbonyl (C=O) groups is 1. The SMILES string of the molecule is O=C(NCc1ccc(F)cc1)C1CC2CCC1C2. The van der Waals surface area contributed by atoms with Crippen molar-refractivity contribution < 1.29 is 9.18 Å². The third kappa shape index (κ3) is 2.26. The van der Waals surface area contributed by atoms with E-state index in [-0.39, 0.29) is 17.6 Å². The molecule has 2 aliphatic carbocycles. The second kappa shape index (κ2) is 4.71. The van der Waals surface area contributed by atoms with Crippen molar-refractivity contribution >= 4 is 5.91 Å². The number of hydrogen-bond donors (Lipinski definition) is 1. The van der Waals surface area contributed by atoms with Crippen LogP contribution in [0.1, 0.15) is 31.2 Å². The lowest BCUT2D eigenvalue weighted by atomic mass is 9.88. The minimum atomic E-state index is -0.238. The zero-order valence-corrected chi connectivity index (χ0v) is 10.4. The molecule has 1 amide bonds. The molecule has 0 radical (unpaired) electrons. The molecule has 2 saturated carbocycles. The van der Waals surface area contributed by atoms with Gasteiger partial charge in [0.25, 0.3) is 0 Å². The molecule has 0 heterocycles. The monoisotopic (exact) mass is 247 g/mol. The van der Waals surface area contributed by atoms with E-state index in [4.69, 9.17) is 0 Å². The molecule has 2 fully saturated rings. The van der Waals surface area contributed by atoms with E-state index in [0.717, 1.165) is 17.9 Å². The molecule has 1 aromatic rings. The highest BCUT2D eigenvalue weighted by Crippen LogP contribution is 2.48. The first kappa shape index (κ1) is 11.7. The van der Waals surface area contributed by atoms with Gasteiger partial charge >= 0.3 is 0 Å². The van der Waals surface area contributed by atoms with Crippen LogP contribution in [0.4, 0.5) is 4.39 Å². The summed E-state index contributed by atoms with van der Waals surface area (Å²) in [5.41, 5.74) is 0.952. The van der Waals surface area contributed by atoms with Crippen LogP contribution in [0.3, 0.4) is 0 Å². The van der Waals surface area contributed by atoms with Crippen LogP contribution in [-0.2, 0) is 11.3 Å². The van der Waals surface area contributed by atoms with E-state index in [9.17, 15) is 9.18 Å². The van der Waals surface area contributed by atoms with Crippen LogP contribution in [0.15, 0.2) is 24.3 Å². The highest BCUT2D eigenvalue weighted by atomic mass is 19.1. The minimum Gasteiger partial charge on any atom is -0.352 e. The minimum absolute atomic E-state index is 0.187. The van der Waals surface area contributed by atoms with Gasteiger partial charge in [-0.25, -0.2) is 4.39 Å². The van der Waals surface area contributed by atoms with Gasteiger partial charge in [0.15, 0.2) is 0 Å². The van der Waals surface area contributed by atoms with Gasteiger partial charge in [0.2, 0.25) is 5.91 Å². The Balaban J connectivity index is 1.54. The number of fused-ring (bicyclic) bond motifs is 2. The fraction of sp³-hybridized carbons (Fsp3) is 0.533. The Morgan fingerprint density at radius 3 is 2.61 bits per heavy atom. The molecule has 0 aliphatic heterocycles. The number of benzene rings is 1. The maximum atomic E-state index is 12.7. The van der Waals surface area contributed by atoms with E-state index in [1.807, 2.05) is 0 Å². The maximum absolute atomic E-state index is 12.7. The molecule has 3 rings (SSSR count). The third-order valence-corrected chi connectivity index (χ3v) is 4.45. The smallest absolute Gasteiger partial charge is 0.223 e. The highest BCUT2D eigenvalue weighted by molar-refractivity contribution is 5.79. The predicted octanol–water partition coefficient (Wildman–Crippen LogP) is 2.88. The quantitative estimate of drug-likeness (QED) is 0.874. The van der Waals surface area contributed by atoms with E-state index >= 15 is 0 Å². The predicted molar refractivity (Wildman–Crippen MR) is 67.2 cm³/mol. The van der Waals surface area contributed by atoms with Crippen LogP contribution in [0.2, 0.25) is 0 Å². The van der Waals surface area contributed by atoms with Crippen molar-refractivity contribution in [2.75, 3.05) is 0 Å². The zero-order valence-electron chi connectivity index (χ0n) is 10.4. The molecule has 2 nitrogen and oxygen atoms in total. The summed E-state index contributed by atoms with van der Waals surface area (Å²) in [4.78, 5) is 12.1. The Morgan fingerprint density at radius 2 is 2.00 bits per heavy atom. The lowest BCUT2D eigenvalue weighted by Crippen LogP contribution is -2.33. The molecule has 0 aromatic heterocycles. The molecular formula is C15H18FNO. The Kier molecular flexibility index (Phi) is 3.06. The molecule has 2 bridgehead atoms. The lowest BCUT2D eigenvalue weighted by molar-refractivity contribution is -0.126. The van der Waals surface area contributed by atoms with Crippen molar-refractivity contribution in [1.82, 2.24) is 5.32 Å². The number of nitrogens with one attached hydrogen (secondary N) is 1. The number of rotatable bonds is 3. The van der Waals surface area contributed by atoms with Gasteiger partial charge in [-0.3, -0.25) is 4.79 Å². The Hall–Kier alpha value is -1.38. The molecule has 0 spiro atoms. The van der Waals surface area contributed by atoms with Gasteiger partial charge < -0.3 is 5.32 Å². The number of carbonyl (C=O) groups excluding carboxylic acids is 1. The van der Waals surface area contributed by atoms with Crippen molar-refractivity contribution in [3.63, 3.8) is 0 Å². The standard InChI is InChI=1S/C15H18FNO/c16-13-5-2-10(3-6-13)9-17-15(18)14-8-11-1-4-12(14)7-11/h2-3,5-6,11-12,14H,1,4,7-9H2,(H,17,18). The molecule has 3 atom stereocenters. The molecule has 2 aliphatic rings. The molecular weight excluding hydrogens is 229 g/mol. The number of halogens is 1. The van der Waals surface area contributed by atoms with Gasteiger partial charge in [0.1, 0.15) is 5.82 Å². The topological polar surface area (TPSA) is 29.1 Å². The van der Waals surface area contributed by atoms with Crippen LogP contribution in [0.25, 0.3) is 0 Å². The van der Waals surface area contributed by atoms with Crippen molar-refractivity contribution in [2.45, 2.75) is 32.2 Å². The summed E-state index contributed by atoms with van der Waals surface area (Å²) in [6.45, 7) is 0.507. The molecule has 0 saturated heterocycles. The summed E-state index contributed by atoms with van der Waals surface area (Å²) in [5, 5.41) is 2.98. The van der Waals surface area contributed by atoms with Gasteiger partial charge in [0.05, 0.1) is 0 Å². The van der Waals surface area contributed by atoms with Crippen molar-refractivity contribution in [2.24, 2.45) is 17.8 Å².